The number of ether oxygens (including phenoxy) is 1. The summed E-state index contributed by atoms with van der Waals surface area (Å²) < 4.78 is 7.38. The number of fused-ring (bicyclic) bond motifs is 1. The van der Waals surface area contributed by atoms with Gasteiger partial charge in [0.15, 0.2) is 5.65 Å². The normalized spacial score (nSPS) is 13.0. The van der Waals surface area contributed by atoms with Crippen LogP contribution in [0, 0.1) is 0 Å². The number of hydrogen-bond donors (Lipinski definition) is 1. The molecule has 0 amide bonds. The van der Waals surface area contributed by atoms with E-state index in [-0.39, 0.29) is 0 Å². The summed E-state index contributed by atoms with van der Waals surface area (Å²) in [6, 6.07) is 6.28. The van der Waals surface area contributed by atoms with Gasteiger partial charge in [-0.2, -0.15) is 0 Å². The first-order valence-corrected chi connectivity index (χ1v) is 6.41. The van der Waals surface area contributed by atoms with E-state index in [9.17, 15) is 0 Å². The Morgan fingerprint density at radius 1 is 1.39 bits per heavy atom. The van der Waals surface area contributed by atoms with Crippen LogP contribution in [0.1, 0.15) is 19.7 Å². The Bertz CT molecular complexity index is 483. The minimum Gasteiger partial charge on any atom is -0.380 e. The zero-order valence-electron chi connectivity index (χ0n) is 11.0. The fourth-order valence-electron chi connectivity index (χ4n) is 1.85. The van der Waals surface area contributed by atoms with Crippen molar-refractivity contribution in [2.45, 2.75) is 26.3 Å². The number of hydrogen-bond acceptors (Lipinski definition) is 4. The SMILES string of the molecule is CCOCC(C)NCCc1nnc2ccccn12. The molecule has 1 unspecified atom stereocenters. The summed E-state index contributed by atoms with van der Waals surface area (Å²) in [5.41, 5.74) is 0.898. The van der Waals surface area contributed by atoms with Crippen molar-refractivity contribution in [3.63, 3.8) is 0 Å². The molecule has 0 aliphatic carbocycles. The topological polar surface area (TPSA) is 51.5 Å². The molecule has 0 radical (unpaired) electrons. The van der Waals surface area contributed by atoms with Crippen LogP contribution < -0.4 is 5.32 Å². The maximum atomic E-state index is 5.36. The molecule has 0 aliphatic rings. The van der Waals surface area contributed by atoms with Gasteiger partial charge >= 0.3 is 0 Å². The lowest BCUT2D eigenvalue weighted by molar-refractivity contribution is 0.127. The number of aromatic nitrogens is 3. The van der Waals surface area contributed by atoms with E-state index < -0.39 is 0 Å². The van der Waals surface area contributed by atoms with Crippen molar-refractivity contribution in [3.8, 4) is 0 Å². The highest BCUT2D eigenvalue weighted by Gasteiger charge is 2.05. The molecule has 0 aromatic carbocycles. The molecule has 0 aliphatic heterocycles. The van der Waals surface area contributed by atoms with E-state index >= 15 is 0 Å². The minimum absolute atomic E-state index is 0.365. The van der Waals surface area contributed by atoms with Crippen LogP contribution in [-0.2, 0) is 11.2 Å². The van der Waals surface area contributed by atoms with Crippen molar-refractivity contribution >= 4 is 5.65 Å². The third-order valence-electron chi connectivity index (χ3n) is 2.80. The van der Waals surface area contributed by atoms with Crippen molar-refractivity contribution in [3.05, 3.63) is 30.2 Å². The molecule has 2 heterocycles. The Morgan fingerprint density at radius 2 is 2.28 bits per heavy atom. The van der Waals surface area contributed by atoms with E-state index in [1.54, 1.807) is 0 Å². The van der Waals surface area contributed by atoms with Gasteiger partial charge in [-0.1, -0.05) is 6.07 Å². The molecule has 2 aromatic heterocycles. The quantitative estimate of drug-likeness (QED) is 0.802. The molecule has 98 valence electrons. The lowest BCUT2D eigenvalue weighted by Gasteiger charge is -2.12. The largest absolute Gasteiger partial charge is 0.380 e. The number of pyridine rings is 1. The van der Waals surface area contributed by atoms with Gasteiger partial charge in [0.25, 0.3) is 0 Å². The molecular weight excluding hydrogens is 228 g/mol. The van der Waals surface area contributed by atoms with Crippen LogP contribution in [0.5, 0.6) is 0 Å². The van der Waals surface area contributed by atoms with Gasteiger partial charge in [-0.25, -0.2) is 0 Å². The lowest BCUT2D eigenvalue weighted by Crippen LogP contribution is -2.32. The summed E-state index contributed by atoms with van der Waals surface area (Å²) in [4.78, 5) is 0. The summed E-state index contributed by atoms with van der Waals surface area (Å²) in [7, 11) is 0. The molecule has 2 aromatic rings. The second kappa shape index (κ2) is 6.47. The van der Waals surface area contributed by atoms with Crippen LogP contribution in [0.3, 0.4) is 0 Å². The molecule has 18 heavy (non-hydrogen) atoms. The first-order valence-electron chi connectivity index (χ1n) is 6.41. The molecule has 0 spiro atoms. The average Bonchev–Trinajstić information content (AvgIpc) is 2.80. The van der Waals surface area contributed by atoms with Crippen molar-refractivity contribution in [2.75, 3.05) is 19.8 Å². The predicted octanol–water partition coefficient (Wildman–Crippen LogP) is 1.29. The Morgan fingerprint density at radius 3 is 3.11 bits per heavy atom. The van der Waals surface area contributed by atoms with Crippen molar-refractivity contribution in [1.29, 1.82) is 0 Å². The summed E-state index contributed by atoms with van der Waals surface area (Å²) >= 11 is 0. The zero-order valence-corrected chi connectivity index (χ0v) is 11.0. The third-order valence-corrected chi connectivity index (χ3v) is 2.80. The maximum absolute atomic E-state index is 5.36. The molecular formula is C13H20N4O. The molecule has 5 heteroatoms. The third kappa shape index (κ3) is 3.27. The van der Waals surface area contributed by atoms with E-state index in [2.05, 4.69) is 22.4 Å². The van der Waals surface area contributed by atoms with Crippen LogP contribution in [0.25, 0.3) is 5.65 Å². The van der Waals surface area contributed by atoms with Gasteiger partial charge < -0.3 is 10.1 Å². The molecule has 1 atom stereocenters. The monoisotopic (exact) mass is 248 g/mol. The van der Waals surface area contributed by atoms with Crippen molar-refractivity contribution in [1.82, 2.24) is 19.9 Å². The summed E-state index contributed by atoms with van der Waals surface area (Å²) in [6.07, 6.45) is 2.86. The summed E-state index contributed by atoms with van der Waals surface area (Å²) in [5, 5.41) is 11.7. The first kappa shape index (κ1) is 13.0. The highest BCUT2D eigenvalue weighted by atomic mass is 16.5. The maximum Gasteiger partial charge on any atom is 0.160 e. The second-order valence-corrected chi connectivity index (χ2v) is 4.31. The fraction of sp³-hybridized carbons (Fsp3) is 0.538. The van der Waals surface area contributed by atoms with Gasteiger partial charge in [-0.05, 0) is 26.0 Å². The molecule has 0 saturated heterocycles. The average molecular weight is 248 g/mol. The van der Waals surface area contributed by atoms with Gasteiger partial charge in [0.1, 0.15) is 5.82 Å². The molecule has 2 rings (SSSR count). The first-order chi connectivity index (χ1) is 8.81. The molecule has 1 N–H and O–H groups in total. The standard InChI is InChI=1S/C13H20N4O/c1-3-18-10-11(2)14-8-7-13-16-15-12-6-4-5-9-17(12)13/h4-6,9,11,14H,3,7-8,10H2,1-2H3. The fourth-order valence-corrected chi connectivity index (χ4v) is 1.85. The highest BCUT2D eigenvalue weighted by molar-refractivity contribution is 5.36. The van der Waals surface area contributed by atoms with Crippen LogP contribution in [0.15, 0.2) is 24.4 Å². The summed E-state index contributed by atoms with van der Waals surface area (Å²) in [6.45, 7) is 6.52. The lowest BCUT2D eigenvalue weighted by atomic mass is 10.3. The zero-order chi connectivity index (χ0) is 12.8. The molecule has 0 saturated carbocycles. The number of nitrogens with one attached hydrogen (secondary N) is 1. The Hall–Kier alpha value is -1.46. The van der Waals surface area contributed by atoms with Crippen molar-refractivity contribution in [2.24, 2.45) is 0 Å². The molecule has 0 bridgehead atoms. The van der Waals surface area contributed by atoms with Gasteiger partial charge in [-0.15, -0.1) is 10.2 Å². The number of nitrogens with zero attached hydrogens (tertiary/aromatic N) is 3. The Labute approximate surface area is 107 Å². The van der Waals surface area contributed by atoms with E-state index in [1.807, 2.05) is 35.7 Å². The van der Waals surface area contributed by atoms with Gasteiger partial charge in [0.2, 0.25) is 0 Å². The molecule has 0 fully saturated rings. The minimum atomic E-state index is 0.365. The smallest absolute Gasteiger partial charge is 0.160 e. The van der Waals surface area contributed by atoms with Crippen LogP contribution in [0.2, 0.25) is 0 Å². The van der Waals surface area contributed by atoms with Gasteiger partial charge in [0, 0.05) is 31.8 Å². The Balaban J connectivity index is 1.83. The second-order valence-electron chi connectivity index (χ2n) is 4.31. The highest BCUT2D eigenvalue weighted by Crippen LogP contribution is 2.02. The van der Waals surface area contributed by atoms with E-state index in [0.717, 1.165) is 37.7 Å². The van der Waals surface area contributed by atoms with E-state index in [4.69, 9.17) is 4.74 Å². The van der Waals surface area contributed by atoms with E-state index in [1.165, 1.54) is 0 Å². The molecule has 5 nitrogen and oxygen atoms in total. The summed E-state index contributed by atoms with van der Waals surface area (Å²) in [5.74, 6) is 0.988. The predicted molar refractivity (Wildman–Crippen MR) is 70.6 cm³/mol. The van der Waals surface area contributed by atoms with Gasteiger partial charge in [-0.3, -0.25) is 4.40 Å². The number of rotatable bonds is 7. The van der Waals surface area contributed by atoms with E-state index in [0.29, 0.717) is 6.04 Å². The van der Waals surface area contributed by atoms with Crippen LogP contribution in [0.4, 0.5) is 0 Å². The van der Waals surface area contributed by atoms with Crippen LogP contribution in [-0.4, -0.2) is 40.4 Å². The van der Waals surface area contributed by atoms with Crippen molar-refractivity contribution < 1.29 is 4.74 Å². The van der Waals surface area contributed by atoms with Crippen LogP contribution >= 0.6 is 0 Å². The Kier molecular flexibility index (Phi) is 4.66. The van der Waals surface area contributed by atoms with Gasteiger partial charge in [0.05, 0.1) is 6.61 Å².